The summed E-state index contributed by atoms with van der Waals surface area (Å²) in [5.74, 6) is 0.495. The van der Waals surface area contributed by atoms with E-state index in [2.05, 4.69) is 6.07 Å². The van der Waals surface area contributed by atoms with Gasteiger partial charge in [0.1, 0.15) is 0 Å². The number of methoxy groups -OCH3 is 1. The van der Waals surface area contributed by atoms with Gasteiger partial charge in [-0.25, -0.2) is 0 Å². The summed E-state index contributed by atoms with van der Waals surface area (Å²) in [6.45, 7) is 1.84. The normalized spacial score (nSPS) is 27.0. The van der Waals surface area contributed by atoms with Crippen molar-refractivity contribution >= 4 is 5.91 Å². The second kappa shape index (κ2) is 7.78. The fourth-order valence-corrected chi connectivity index (χ4v) is 3.95. The van der Waals surface area contributed by atoms with Crippen molar-refractivity contribution in [1.82, 2.24) is 4.90 Å². The van der Waals surface area contributed by atoms with Crippen LogP contribution in [-0.4, -0.2) is 49.8 Å². The number of benzene rings is 1. The van der Waals surface area contributed by atoms with Crippen molar-refractivity contribution in [3.05, 3.63) is 35.4 Å². The molecule has 0 unspecified atom stereocenters. The molecule has 1 aromatic rings. The molecule has 128 valence electrons. The maximum Gasteiger partial charge on any atom is 0.227 e. The fourth-order valence-electron chi connectivity index (χ4n) is 3.95. The van der Waals surface area contributed by atoms with E-state index in [0.29, 0.717) is 37.7 Å². The molecule has 1 aliphatic carbocycles. The molecular weight excluding hydrogens is 304 g/mol. The maximum absolute atomic E-state index is 12.8. The Morgan fingerprint density at radius 2 is 2.17 bits per heavy atom. The number of carbonyl (C=O) groups is 1. The van der Waals surface area contributed by atoms with Crippen molar-refractivity contribution in [2.24, 2.45) is 5.92 Å². The molecule has 1 saturated carbocycles. The molecule has 1 saturated heterocycles. The minimum absolute atomic E-state index is 0.108. The van der Waals surface area contributed by atoms with Crippen LogP contribution in [-0.2, 0) is 20.7 Å². The maximum atomic E-state index is 12.8. The molecule has 5 nitrogen and oxygen atoms in total. The van der Waals surface area contributed by atoms with Crippen LogP contribution in [0.1, 0.15) is 30.4 Å². The molecule has 3 atom stereocenters. The van der Waals surface area contributed by atoms with Gasteiger partial charge in [0.2, 0.25) is 5.91 Å². The number of hydrogen-bond acceptors (Lipinski definition) is 4. The van der Waals surface area contributed by atoms with Gasteiger partial charge >= 0.3 is 0 Å². The quantitative estimate of drug-likeness (QED) is 0.849. The Labute approximate surface area is 143 Å². The average molecular weight is 328 g/mol. The minimum atomic E-state index is 0.108. The number of nitriles is 1. The Morgan fingerprint density at radius 3 is 2.88 bits per heavy atom. The summed E-state index contributed by atoms with van der Waals surface area (Å²) in [5.41, 5.74) is 1.56. The highest BCUT2D eigenvalue weighted by Gasteiger charge is 2.40. The van der Waals surface area contributed by atoms with Crippen molar-refractivity contribution in [1.29, 1.82) is 5.26 Å². The van der Waals surface area contributed by atoms with Crippen molar-refractivity contribution in [2.45, 2.75) is 37.8 Å². The van der Waals surface area contributed by atoms with Crippen LogP contribution in [0.3, 0.4) is 0 Å². The number of rotatable bonds is 4. The molecule has 5 heteroatoms. The zero-order chi connectivity index (χ0) is 16.9. The van der Waals surface area contributed by atoms with Gasteiger partial charge in [-0.2, -0.15) is 5.26 Å². The van der Waals surface area contributed by atoms with E-state index in [4.69, 9.17) is 14.7 Å². The van der Waals surface area contributed by atoms with E-state index in [0.717, 1.165) is 24.8 Å². The highest BCUT2D eigenvalue weighted by molar-refractivity contribution is 5.79. The fraction of sp³-hybridized carbons (Fsp3) is 0.579. The van der Waals surface area contributed by atoms with Crippen LogP contribution in [0.25, 0.3) is 0 Å². The van der Waals surface area contributed by atoms with E-state index in [1.54, 1.807) is 19.2 Å². The summed E-state index contributed by atoms with van der Waals surface area (Å²) >= 11 is 0. The predicted molar refractivity (Wildman–Crippen MR) is 89.3 cm³/mol. The first kappa shape index (κ1) is 16.9. The number of carbonyl (C=O) groups excluding carboxylic acids is 1. The molecule has 0 aromatic heterocycles. The van der Waals surface area contributed by atoms with E-state index in [9.17, 15) is 4.79 Å². The third-order valence-electron chi connectivity index (χ3n) is 5.22. The molecule has 24 heavy (non-hydrogen) atoms. The highest BCUT2D eigenvalue weighted by atomic mass is 16.5. The van der Waals surface area contributed by atoms with E-state index >= 15 is 0 Å². The summed E-state index contributed by atoms with van der Waals surface area (Å²) in [4.78, 5) is 14.8. The van der Waals surface area contributed by atoms with Gasteiger partial charge < -0.3 is 14.4 Å². The Balaban J connectivity index is 1.70. The van der Waals surface area contributed by atoms with Crippen molar-refractivity contribution in [3.63, 3.8) is 0 Å². The lowest BCUT2D eigenvalue weighted by Crippen LogP contribution is -2.54. The Morgan fingerprint density at radius 1 is 1.38 bits per heavy atom. The van der Waals surface area contributed by atoms with Crippen LogP contribution in [0, 0.1) is 17.2 Å². The third kappa shape index (κ3) is 3.61. The number of nitrogens with zero attached hydrogens (tertiary/aromatic N) is 2. The lowest BCUT2D eigenvalue weighted by molar-refractivity contribution is -0.143. The first-order chi connectivity index (χ1) is 11.7. The first-order valence-corrected chi connectivity index (χ1v) is 8.62. The van der Waals surface area contributed by atoms with Gasteiger partial charge in [-0.05, 0) is 30.5 Å². The van der Waals surface area contributed by atoms with Crippen molar-refractivity contribution in [2.75, 3.05) is 26.9 Å². The van der Waals surface area contributed by atoms with Crippen LogP contribution >= 0.6 is 0 Å². The lowest BCUT2D eigenvalue weighted by Gasteiger charge is -2.40. The Hall–Kier alpha value is -1.90. The Kier molecular flexibility index (Phi) is 5.49. The minimum Gasteiger partial charge on any atom is -0.381 e. The van der Waals surface area contributed by atoms with Crippen LogP contribution < -0.4 is 0 Å². The zero-order valence-corrected chi connectivity index (χ0v) is 14.1. The van der Waals surface area contributed by atoms with Gasteiger partial charge in [0.05, 0.1) is 43.4 Å². The second-order valence-corrected chi connectivity index (χ2v) is 6.58. The van der Waals surface area contributed by atoms with Gasteiger partial charge in [-0.3, -0.25) is 4.79 Å². The third-order valence-corrected chi connectivity index (χ3v) is 5.22. The van der Waals surface area contributed by atoms with Crippen molar-refractivity contribution < 1.29 is 14.3 Å². The smallest absolute Gasteiger partial charge is 0.227 e. The standard InChI is InChI=1S/C19H24N2O3/c1-23-18-4-2-3-16(18)17-13-24-10-9-21(17)19(22)11-14-5-7-15(12-20)8-6-14/h5-8,16-18H,2-4,9-11,13H2,1H3/t16-,17-,18-/m1/s1. The van der Waals surface area contributed by atoms with Gasteiger partial charge in [-0.1, -0.05) is 18.6 Å². The Bertz CT molecular complexity index is 608. The predicted octanol–water partition coefficient (Wildman–Crippen LogP) is 2.14. The summed E-state index contributed by atoms with van der Waals surface area (Å²) in [7, 11) is 1.76. The molecular formula is C19H24N2O3. The van der Waals surface area contributed by atoms with Gasteiger partial charge in [0.15, 0.2) is 0 Å². The van der Waals surface area contributed by atoms with Crippen LogP contribution in [0.2, 0.25) is 0 Å². The molecule has 0 spiro atoms. The molecule has 1 heterocycles. The second-order valence-electron chi connectivity index (χ2n) is 6.58. The zero-order valence-electron chi connectivity index (χ0n) is 14.1. The molecule has 1 aliphatic heterocycles. The number of hydrogen-bond donors (Lipinski definition) is 0. The van der Waals surface area contributed by atoms with E-state index in [1.807, 2.05) is 17.0 Å². The SMILES string of the molecule is CO[C@@H]1CCC[C@@H]1[C@H]1COCCN1C(=O)Cc1ccc(C#N)cc1. The molecule has 0 bridgehead atoms. The topological polar surface area (TPSA) is 62.6 Å². The van der Waals surface area contributed by atoms with E-state index in [1.165, 1.54) is 0 Å². The number of amides is 1. The number of morpholine rings is 1. The first-order valence-electron chi connectivity index (χ1n) is 8.62. The summed E-state index contributed by atoms with van der Waals surface area (Å²) in [6, 6.07) is 9.45. The van der Waals surface area contributed by atoms with E-state index in [-0.39, 0.29) is 18.1 Å². The molecule has 1 amide bonds. The molecule has 3 rings (SSSR count). The summed E-state index contributed by atoms with van der Waals surface area (Å²) < 4.78 is 11.3. The molecule has 2 fully saturated rings. The summed E-state index contributed by atoms with van der Waals surface area (Å²) in [5, 5.41) is 8.87. The van der Waals surface area contributed by atoms with Gasteiger partial charge in [-0.15, -0.1) is 0 Å². The lowest BCUT2D eigenvalue weighted by atomic mass is 9.93. The van der Waals surface area contributed by atoms with E-state index < -0.39 is 0 Å². The van der Waals surface area contributed by atoms with Gasteiger partial charge in [0.25, 0.3) is 0 Å². The summed E-state index contributed by atoms with van der Waals surface area (Å²) in [6.07, 6.45) is 3.90. The molecule has 0 N–H and O–H groups in total. The van der Waals surface area contributed by atoms with Crippen molar-refractivity contribution in [3.8, 4) is 6.07 Å². The van der Waals surface area contributed by atoms with Crippen LogP contribution in [0.4, 0.5) is 0 Å². The largest absolute Gasteiger partial charge is 0.381 e. The van der Waals surface area contributed by atoms with Gasteiger partial charge in [0, 0.05) is 19.6 Å². The van der Waals surface area contributed by atoms with Crippen LogP contribution in [0.15, 0.2) is 24.3 Å². The van der Waals surface area contributed by atoms with Crippen LogP contribution in [0.5, 0.6) is 0 Å². The molecule has 0 radical (unpaired) electrons. The molecule has 1 aromatic carbocycles. The number of ether oxygens (including phenoxy) is 2. The monoisotopic (exact) mass is 328 g/mol. The average Bonchev–Trinajstić information content (AvgIpc) is 3.11. The highest BCUT2D eigenvalue weighted by Crippen LogP contribution is 2.34. The molecule has 2 aliphatic rings.